The normalized spacial score (nSPS) is 17.6. The van der Waals surface area contributed by atoms with Gasteiger partial charge in [0.2, 0.25) is 0 Å². The van der Waals surface area contributed by atoms with Gasteiger partial charge in [-0.1, -0.05) is 55.6 Å². The number of allylic oxidation sites excluding steroid dienone is 2. The van der Waals surface area contributed by atoms with Crippen molar-refractivity contribution in [2.75, 3.05) is 4.90 Å². The highest BCUT2D eigenvalue weighted by Gasteiger charge is 2.51. The third kappa shape index (κ3) is 4.73. The predicted octanol–water partition coefficient (Wildman–Crippen LogP) is 5.28. The van der Waals surface area contributed by atoms with Crippen molar-refractivity contribution in [3.63, 3.8) is 0 Å². The molecule has 4 nitrogen and oxygen atoms in total. The van der Waals surface area contributed by atoms with Gasteiger partial charge in [-0.25, -0.2) is 0 Å². The molecule has 1 aliphatic rings. The van der Waals surface area contributed by atoms with Crippen molar-refractivity contribution >= 4 is 25.0 Å². The van der Waals surface area contributed by atoms with Gasteiger partial charge in [0, 0.05) is 12.2 Å². The highest BCUT2D eigenvalue weighted by atomic mass is 16.7. The van der Waals surface area contributed by atoms with Crippen LogP contribution in [0, 0.1) is 0 Å². The Bertz CT molecular complexity index is 952. The quantitative estimate of drug-likeness (QED) is 0.335. The molecule has 160 valence electrons. The second-order valence-electron chi connectivity index (χ2n) is 8.59. The monoisotopic (exact) mass is 414 g/mol. The highest BCUT2D eigenvalue weighted by molar-refractivity contribution is 6.62. The number of para-hydroxylation sites is 1. The molecule has 1 fully saturated rings. The van der Waals surface area contributed by atoms with Gasteiger partial charge < -0.3 is 14.2 Å². The third-order valence-electron chi connectivity index (χ3n) is 6.02. The van der Waals surface area contributed by atoms with E-state index in [0.717, 1.165) is 22.4 Å². The molecule has 0 radical (unpaired) electrons. The Morgan fingerprint density at radius 2 is 1.52 bits per heavy atom. The van der Waals surface area contributed by atoms with Crippen LogP contribution in [0.4, 0.5) is 5.69 Å². The summed E-state index contributed by atoms with van der Waals surface area (Å²) in [4.78, 5) is 6.28. The van der Waals surface area contributed by atoms with Crippen LogP contribution in [-0.2, 0) is 15.9 Å². The lowest BCUT2D eigenvalue weighted by Crippen LogP contribution is -2.41. The molecule has 1 heterocycles. The molecule has 2 aromatic rings. The maximum Gasteiger partial charge on any atom is 0.494 e. The van der Waals surface area contributed by atoms with Crippen molar-refractivity contribution in [1.29, 1.82) is 0 Å². The lowest BCUT2D eigenvalue weighted by molar-refractivity contribution is 0.00578. The number of rotatable bonds is 8. The average Bonchev–Trinajstić information content (AvgIpc) is 2.98. The summed E-state index contributed by atoms with van der Waals surface area (Å²) < 4.78 is 12.3. The molecule has 0 aromatic heterocycles. The zero-order valence-corrected chi connectivity index (χ0v) is 19.0. The molecule has 0 atom stereocenters. The molecular weight excluding hydrogens is 383 g/mol. The van der Waals surface area contributed by atoms with E-state index in [2.05, 4.69) is 93.9 Å². The molecule has 0 bridgehead atoms. The van der Waals surface area contributed by atoms with E-state index in [9.17, 15) is 0 Å². The summed E-state index contributed by atoms with van der Waals surface area (Å²) in [5, 5.41) is 0. The van der Waals surface area contributed by atoms with Gasteiger partial charge in [-0.15, -0.1) is 0 Å². The Kier molecular flexibility index (Phi) is 6.68. The standard InChI is InChI=1S/C26H31BN2O2/c1-8-23(28-7)24(9-2)29(22-13-11-10-12-14-22)19-20-15-17-21(18-16-20)27-30-25(3,4)26(5,6)31-27/h8-18H,1-2,7,19H2,3-6H3/b24-23-. The van der Waals surface area contributed by atoms with E-state index >= 15 is 0 Å². The molecule has 0 aliphatic carbocycles. The Morgan fingerprint density at radius 3 is 2.00 bits per heavy atom. The van der Waals surface area contributed by atoms with E-state index in [1.807, 2.05) is 18.2 Å². The van der Waals surface area contributed by atoms with Gasteiger partial charge in [0.25, 0.3) is 0 Å². The summed E-state index contributed by atoms with van der Waals surface area (Å²) in [7, 11) is -0.370. The molecule has 0 spiro atoms. The van der Waals surface area contributed by atoms with Crippen molar-refractivity contribution in [3.05, 3.63) is 96.9 Å². The van der Waals surface area contributed by atoms with Crippen LogP contribution in [0.5, 0.6) is 0 Å². The van der Waals surface area contributed by atoms with E-state index in [1.54, 1.807) is 12.2 Å². The van der Waals surface area contributed by atoms with Gasteiger partial charge in [-0.2, -0.15) is 0 Å². The first-order chi connectivity index (χ1) is 14.7. The number of anilines is 1. The zero-order chi connectivity index (χ0) is 22.6. The summed E-state index contributed by atoms with van der Waals surface area (Å²) in [5.41, 5.74) is 4.00. The van der Waals surface area contributed by atoms with Gasteiger partial charge in [0.1, 0.15) is 0 Å². The fourth-order valence-corrected chi connectivity index (χ4v) is 3.47. The minimum Gasteiger partial charge on any atom is -0.399 e. The Labute approximate surface area is 186 Å². The molecule has 0 saturated carbocycles. The minimum atomic E-state index is -0.370. The van der Waals surface area contributed by atoms with Crippen LogP contribution >= 0.6 is 0 Å². The van der Waals surface area contributed by atoms with Crippen LogP contribution in [-0.4, -0.2) is 25.0 Å². The highest BCUT2D eigenvalue weighted by Crippen LogP contribution is 2.36. The number of hydrogen-bond donors (Lipinski definition) is 0. The van der Waals surface area contributed by atoms with E-state index in [-0.39, 0.29) is 18.3 Å². The van der Waals surface area contributed by atoms with E-state index in [4.69, 9.17) is 9.31 Å². The number of benzene rings is 2. The van der Waals surface area contributed by atoms with Crippen LogP contribution in [0.25, 0.3) is 0 Å². The first-order valence-electron chi connectivity index (χ1n) is 10.5. The van der Waals surface area contributed by atoms with Crippen molar-refractivity contribution in [1.82, 2.24) is 0 Å². The smallest absolute Gasteiger partial charge is 0.399 e. The minimum absolute atomic E-state index is 0.358. The van der Waals surface area contributed by atoms with Crippen LogP contribution in [0.1, 0.15) is 33.3 Å². The molecule has 0 unspecified atom stereocenters. The Morgan fingerprint density at radius 1 is 0.935 bits per heavy atom. The second kappa shape index (κ2) is 9.09. The van der Waals surface area contributed by atoms with Gasteiger partial charge >= 0.3 is 7.12 Å². The summed E-state index contributed by atoms with van der Waals surface area (Å²) in [6.45, 7) is 20.4. The molecule has 1 saturated heterocycles. The van der Waals surface area contributed by atoms with Crippen LogP contribution in [0.2, 0.25) is 0 Å². The fourth-order valence-electron chi connectivity index (χ4n) is 3.47. The first kappa shape index (κ1) is 22.8. The molecule has 3 rings (SSSR count). The van der Waals surface area contributed by atoms with Crippen LogP contribution < -0.4 is 10.4 Å². The Balaban J connectivity index is 1.89. The van der Waals surface area contributed by atoms with E-state index in [0.29, 0.717) is 12.2 Å². The summed E-state index contributed by atoms with van der Waals surface area (Å²) in [5.74, 6) is 0. The summed E-state index contributed by atoms with van der Waals surface area (Å²) in [6.07, 6.45) is 3.48. The van der Waals surface area contributed by atoms with Gasteiger partial charge in [0.15, 0.2) is 0 Å². The van der Waals surface area contributed by atoms with Crippen molar-refractivity contribution in [3.8, 4) is 0 Å². The molecule has 31 heavy (non-hydrogen) atoms. The van der Waals surface area contributed by atoms with Gasteiger partial charge in [-0.05, 0) is 69.7 Å². The van der Waals surface area contributed by atoms with E-state index < -0.39 is 0 Å². The van der Waals surface area contributed by atoms with Crippen molar-refractivity contribution in [2.24, 2.45) is 4.99 Å². The molecule has 0 N–H and O–H groups in total. The largest absolute Gasteiger partial charge is 0.494 e. The van der Waals surface area contributed by atoms with Crippen molar-refractivity contribution < 1.29 is 9.31 Å². The summed E-state index contributed by atoms with van der Waals surface area (Å²) >= 11 is 0. The number of hydrogen-bond acceptors (Lipinski definition) is 4. The first-order valence-corrected chi connectivity index (χ1v) is 10.5. The van der Waals surface area contributed by atoms with Crippen LogP contribution in [0.3, 0.4) is 0 Å². The Hall–Kier alpha value is -2.89. The maximum atomic E-state index is 6.17. The summed E-state index contributed by atoms with van der Waals surface area (Å²) in [6, 6.07) is 18.5. The van der Waals surface area contributed by atoms with Crippen LogP contribution in [0.15, 0.2) is 96.3 Å². The topological polar surface area (TPSA) is 34.1 Å². The van der Waals surface area contributed by atoms with Crippen molar-refractivity contribution in [2.45, 2.75) is 45.4 Å². The maximum absolute atomic E-state index is 6.17. The zero-order valence-electron chi connectivity index (χ0n) is 19.0. The van der Waals surface area contributed by atoms with Gasteiger partial charge in [0.05, 0.1) is 22.6 Å². The fraction of sp³-hybridized carbons (Fsp3) is 0.269. The average molecular weight is 414 g/mol. The van der Waals surface area contributed by atoms with E-state index in [1.165, 1.54) is 0 Å². The molecule has 0 amide bonds. The molecular formula is C26H31BN2O2. The lowest BCUT2D eigenvalue weighted by atomic mass is 9.79. The number of nitrogens with zero attached hydrogens (tertiary/aromatic N) is 2. The molecule has 2 aromatic carbocycles. The lowest BCUT2D eigenvalue weighted by Gasteiger charge is -2.32. The molecule has 1 aliphatic heterocycles. The number of aliphatic imine (C=N–C) groups is 1. The SMILES string of the molecule is C=C/C(N=C)=C(\C=C)N(Cc1ccc(B2OC(C)(C)C(C)(C)O2)cc1)c1ccccc1. The third-order valence-corrected chi connectivity index (χ3v) is 6.02. The molecule has 5 heteroatoms. The second-order valence-corrected chi connectivity index (χ2v) is 8.59. The van der Waals surface area contributed by atoms with Gasteiger partial charge in [-0.3, -0.25) is 4.99 Å². The predicted molar refractivity (Wildman–Crippen MR) is 132 cm³/mol.